The fraction of sp³-hybridized carbons (Fsp3) is 0.188. The van der Waals surface area contributed by atoms with Crippen molar-refractivity contribution in [2.24, 2.45) is 0 Å². The molecule has 3 rings (SSSR count). The Morgan fingerprint density at radius 2 is 2.15 bits per heavy atom. The second-order valence-corrected chi connectivity index (χ2v) is 5.82. The largest absolute Gasteiger partial charge is 0.459 e. The van der Waals surface area contributed by atoms with E-state index >= 15 is 0 Å². The summed E-state index contributed by atoms with van der Waals surface area (Å²) in [6.07, 6.45) is 1.45. The van der Waals surface area contributed by atoms with Gasteiger partial charge < -0.3 is 13.7 Å². The van der Waals surface area contributed by atoms with Gasteiger partial charge in [-0.15, -0.1) is 0 Å². The predicted octanol–water partition coefficient (Wildman–Crippen LogP) is 1.82. The average Bonchev–Trinajstić information content (AvgIpc) is 3.39. The maximum absolute atomic E-state index is 11.7. The highest BCUT2D eigenvalue weighted by Crippen LogP contribution is 2.19. The Hall–Kier alpha value is -3.27. The smallest absolute Gasteiger partial charge is 0.306 e. The fourth-order valence-corrected chi connectivity index (χ4v) is 2.56. The molecular formula is C16H13N3O6S. The van der Waals surface area contributed by atoms with Crippen LogP contribution in [0.2, 0.25) is 0 Å². The highest BCUT2D eigenvalue weighted by Gasteiger charge is 2.15. The first-order chi connectivity index (χ1) is 12.6. The summed E-state index contributed by atoms with van der Waals surface area (Å²) >= 11 is 1.51. The van der Waals surface area contributed by atoms with Gasteiger partial charge in [-0.05, 0) is 23.6 Å². The summed E-state index contributed by atoms with van der Waals surface area (Å²) in [6, 6.07) is 4.78. The number of amides is 2. The maximum Gasteiger partial charge on any atom is 0.306 e. The number of carbonyl (C=O) groups is 3. The minimum Gasteiger partial charge on any atom is -0.459 e. The Kier molecular flexibility index (Phi) is 5.54. The van der Waals surface area contributed by atoms with Gasteiger partial charge in [0.1, 0.15) is 0 Å². The van der Waals surface area contributed by atoms with E-state index in [-0.39, 0.29) is 18.6 Å². The van der Waals surface area contributed by atoms with E-state index in [0.717, 1.165) is 5.56 Å². The van der Waals surface area contributed by atoms with Crippen LogP contribution in [0.5, 0.6) is 0 Å². The van der Waals surface area contributed by atoms with Crippen LogP contribution >= 0.6 is 11.3 Å². The Balaban J connectivity index is 1.39. The molecule has 1 N–H and O–H groups in total. The molecule has 26 heavy (non-hydrogen) atoms. The van der Waals surface area contributed by atoms with Crippen LogP contribution in [0.4, 0.5) is 0 Å². The number of ether oxygens (including phenoxy) is 1. The number of aromatic nitrogens is 2. The molecule has 0 spiro atoms. The molecule has 0 aliphatic rings. The van der Waals surface area contributed by atoms with Crippen LogP contribution in [-0.4, -0.2) is 34.5 Å². The SMILES string of the molecule is O=C(COC(=O)CCc1nc(-c2ccsc2)no1)NC(=O)c1ccco1. The van der Waals surface area contributed by atoms with Crippen molar-refractivity contribution in [3.8, 4) is 11.4 Å². The van der Waals surface area contributed by atoms with Crippen molar-refractivity contribution < 1.29 is 28.1 Å². The first-order valence-electron chi connectivity index (χ1n) is 7.50. The van der Waals surface area contributed by atoms with E-state index in [1.165, 1.54) is 29.7 Å². The molecule has 9 nitrogen and oxygen atoms in total. The minimum atomic E-state index is -0.753. The molecule has 0 atom stereocenters. The summed E-state index contributed by atoms with van der Waals surface area (Å²) in [7, 11) is 0. The molecule has 0 aliphatic heterocycles. The van der Waals surface area contributed by atoms with Gasteiger partial charge >= 0.3 is 5.97 Å². The quantitative estimate of drug-likeness (QED) is 0.620. The van der Waals surface area contributed by atoms with Gasteiger partial charge in [-0.25, -0.2) is 0 Å². The van der Waals surface area contributed by atoms with Crippen LogP contribution in [0, 0.1) is 0 Å². The Morgan fingerprint density at radius 3 is 2.88 bits per heavy atom. The predicted molar refractivity (Wildman–Crippen MR) is 88.1 cm³/mol. The average molecular weight is 375 g/mol. The van der Waals surface area contributed by atoms with Gasteiger partial charge in [0.15, 0.2) is 12.4 Å². The van der Waals surface area contributed by atoms with Crippen LogP contribution < -0.4 is 5.32 Å². The van der Waals surface area contributed by atoms with Crippen LogP contribution in [-0.2, 0) is 20.7 Å². The van der Waals surface area contributed by atoms with E-state index in [2.05, 4.69) is 10.1 Å². The highest BCUT2D eigenvalue weighted by atomic mass is 32.1. The van der Waals surface area contributed by atoms with Crippen molar-refractivity contribution in [1.82, 2.24) is 15.5 Å². The molecule has 0 aromatic carbocycles. The normalized spacial score (nSPS) is 10.5. The minimum absolute atomic E-state index is 0.0116. The third-order valence-electron chi connectivity index (χ3n) is 3.15. The molecule has 10 heteroatoms. The van der Waals surface area contributed by atoms with Crippen molar-refractivity contribution >= 4 is 29.1 Å². The molecule has 0 unspecified atom stereocenters. The highest BCUT2D eigenvalue weighted by molar-refractivity contribution is 7.08. The van der Waals surface area contributed by atoms with E-state index in [0.29, 0.717) is 11.7 Å². The molecule has 0 radical (unpaired) electrons. The number of rotatable bonds is 7. The van der Waals surface area contributed by atoms with Gasteiger partial charge in [-0.3, -0.25) is 19.7 Å². The zero-order valence-corrected chi connectivity index (χ0v) is 14.2. The Labute approximate surface area is 151 Å². The van der Waals surface area contributed by atoms with Gasteiger partial charge in [0.25, 0.3) is 11.8 Å². The lowest BCUT2D eigenvalue weighted by Gasteiger charge is -2.04. The molecule has 0 saturated heterocycles. The molecule has 134 valence electrons. The van der Waals surface area contributed by atoms with Gasteiger partial charge in [0.2, 0.25) is 11.7 Å². The van der Waals surface area contributed by atoms with Crippen molar-refractivity contribution in [1.29, 1.82) is 0 Å². The number of hydrogen-bond donors (Lipinski definition) is 1. The van der Waals surface area contributed by atoms with Crippen LogP contribution in [0.15, 0.2) is 44.2 Å². The van der Waals surface area contributed by atoms with Gasteiger partial charge in [0, 0.05) is 17.4 Å². The van der Waals surface area contributed by atoms with E-state index in [1.807, 2.05) is 22.1 Å². The Morgan fingerprint density at radius 1 is 1.27 bits per heavy atom. The fourth-order valence-electron chi connectivity index (χ4n) is 1.92. The van der Waals surface area contributed by atoms with Crippen LogP contribution in [0.3, 0.4) is 0 Å². The van der Waals surface area contributed by atoms with Crippen molar-refractivity contribution in [2.45, 2.75) is 12.8 Å². The molecule has 0 saturated carbocycles. The lowest BCUT2D eigenvalue weighted by molar-refractivity contribution is -0.148. The number of furan rings is 1. The van der Waals surface area contributed by atoms with E-state index in [1.54, 1.807) is 0 Å². The van der Waals surface area contributed by atoms with E-state index in [4.69, 9.17) is 13.7 Å². The Bertz CT molecular complexity index is 885. The summed E-state index contributed by atoms with van der Waals surface area (Å²) in [6.45, 7) is -0.574. The molecule has 0 bridgehead atoms. The number of esters is 1. The molecule has 0 fully saturated rings. The summed E-state index contributed by atoms with van der Waals surface area (Å²) < 4.78 is 14.7. The second-order valence-electron chi connectivity index (χ2n) is 5.04. The molecule has 3 aromatic heterocycles. The number of thiophene rings is 1. The number of hydrogen-bond acceptors (Lipinski definition) is 9. The summed E-state index contributed by atoms with van der Waals surface area (Å²) in [5.41, 5.74) is 0.838. The molecule has 3 aromatic rings. The number of carbonyl (C=O) groups excluding carboxylic acids is 3. The number of nitrogens with zero attached hydrogens (tertiary/aromatic N) is 2. The van der Waals surface area contributed by atoms with Crippen LogP contribution in [0.1, 0.15) is 22.9 Å². The first kappa shape index (κ1) is 17.5. The molecule has 2 amide bonds. The monoisotopic (exact) mass is 375 g/mol. The van der Waals surface area contributed by atoms with Crippen LogP contribution in [0.25, 0.3) is 11.4 Å². The maximum atomic E-state index is 11.7. The standard InChI is InChI=1S/C16H13N3O6S/c20-12(17-16(22)11-2-1-6-23-11)8-24-14(21)4-3-13-18-15(19-25-13)10-5-7-26-9-10/h1-2,5-7,9H,3-4,8H2,(H,17,20,22). The van der Waals surface area contributed by atoms with Crippen molar-refractivity contribution in [2.75, 3.05) is 6.61 Å². The number of nitrogens with one attached hydrogen (secondary N) is 1. The lowest BCUT2D eigenvalue weighted by atomic mass is 10.3. The van der Waals surface area contributed by atoms with E-state index < -0.39 is 24.4 Å². The van der Waals surface area contributed by atoms with Crippen molar-refractivity contribution in [3.63, 3.8) is 0 Å². The summed E-state index contributed by atoms with van der Waals surface area (Å²) in [5.74, 6) is -1.35. The molecular weight excluding hydrogens is 362 g/mol. The topological polar surface area (TPSA) is 125 Å². The summed E-state index contributed by atoms with van der Waals surface area (Å²) in [4.78, 5) is 39.0. The molecule has 3 heterocycles. The van der Waals surface area contributed by atoms with E-state index in [9.17, 15) is 14.4 Å². The zero-order valence-electron chi connectivity index (χ0n) is 13.3. The van der Waals surface area contributed by atoms with Crippen molar-refractivity contribution in [3.05, 3.63) is 46.9 Å². The molecule has 0 aliphatic carbocycles. The third-order valence-corrected chi connectivity index (χ3v) is 3.84. The number of aryl methyl sites for hydroxylation is 1. The zero-order chi connectivity index (χ0) is 18.4. The third kappa shape index (κ3) is 4.63. The van der Waals surface area contributed by atoms with Gasteiger partial charge in [0.05, 0.1) is 12.7 Å². The first-order valence-corrected chi connectivity index (χ1v) is 8.44. The number of imide groups is 1. The second kappa shape index (κ2) is 8.21. The summed E-state index contributed by atoms with van der Waals surface area (Å²) in [5, 5.41) is 9.64. The van der Waals surface area contributed by atoms with Gasteiger partial charge in [-0.1, -0.05) is 5.16 Å². The van der Waals surface area contributed by atoms with Gasteiger partial charge in [-0.2, -0.15) is 16.3 Å². The lowest BCUT2D eigenvalue weighted by Crippen LogP contribution is -2.34.